The van der Waals surface area contributed by atoms with Crippen LogP contribution in [0.3, 0.4) is 0 Å². The van der Waals surface area contributed by atoms with Gasteiger partial charge in [0.15, 0.2) is 0 Å². The van der Waals surface area contributed by atoms with Crippen LogP contribution < -0.4 is 5.73 Å². The molecule has 1 heterocycles. The van der Waals surface area contributed by atoms with E-state index in [0.29, 0.717) is 26.2 Å². The third kappa shape index (κ3) is 4.43. The molecule has 0 spiro atoms. The topological polar surface area (TPSA) is 49.5 Å². The van der Waals surface area contributed by atoms with E-state index in [9.17, 15) is 18.3 Å². The summed E-state index contributed by atoms with van der Waals surface area (Å²) in [7, 11) is 0. The highest BCUT2D eigenvalue weighted by atomic mass is 19.4. The van der Waals surface area contributed by atoms with Crippen molar-refractivity contribution in [3.05, 3.63) is 35.4 Å². The Kier molecular flexibility index (Phi) is 5.24. The molecule has 0 radical (unpaired) electrons. The van der Waals surface area contributed by atoms with Crippen molar-refractivity contribution in [1.82, 2.24) is 4.90 Å². The maximum Gasteiger partial charge on any atom is 0.391 e. The number of aliphatic hydroxyl groups is 1. The van der Waals surface area contributed by atoms with Crippen LogP contribution in [-0.2, 0) is 6.54 Å². The molecule has 1 aliphatic rings. The average molecular weight is 302 g/mol. The van der Waals surface area contributed by atoms with E-state index in [1.54, 1.807) is 0 Å². The van der Waals surface area contributed by atoms with Gasteiger partial charge in [-0.25, -0.2) is 0 Å². The minimum absolute atomic E-state index is 0.113. The second-order valence-electron chi connectivity index (χ2n) is 5.58. The van der Waals surface area contributed by atoms with Gasteiger partial charge in [0.05, 0.1) is 12.0 Å². The molecule has 21 heavy (non-hydrogen) atoms. The second-order valence-corrected chi connectivity index (χ2v) is 5.58. The molecule has 0 aromatic heterocycles. The molecular weight excluding hydrogens is 281 g/mol. The number of likely N-dealkylation sites (tertiary alicyclic amines) is 1. The van der Waals surface area contributed by atoms with Crippen LogP contribution in [0.1, 0.15) is 30.1 Å². The Labute approximate surface area is 122 Å². The van der Waals surface area contributed by atoms with Crippen LogP contribution in [0, 0.1) is 5.92 Å². The number of rotatable bonds is 4. The summed E-state index contributed by atoms with van der Waals surface area (Å²) in [5.74, 6) is -1.20. The van der Waals surface area contributed by atoms with Gasteiger partial charge in [0.25, 0.3) is 0 Å². The van der Waals surface area contributed by atoms with E-state index in [-0.39, 0.29) is 12.8 Å². The Morgan fingerprint density at radius 3 is 2.24 bits per heavy atom. The molecule has 1 fully saturated rings. The van der Waals surface area contributed by atoms with Crippen molar-refractivity contribution in [2.75, 3.05) is 19.6 Å². The zero-order chi connectivity index (χ0) is 15.5. The summed E-state index contributed by atoms with van der Waals surface area (Å²) in [6.07, 6.45) is -4.55. The summed E-state index contributed by atoms with van der Waals surface area (Å²) >= 11 is 0. The van der Waals surface area contributed by atoms with Crippen LogP contribution in [0.2, 0.25) is 0 Å². The summed E-state index contributed by atoms with van der Waals surface area (Å²) < 4.78 is 37.8. The first kappa shape index (κ1) is 16.3. The molecule has 0 saturated carbocycles. The van der Waals surface area contributed by atoms with Gasteiger partial charge in [-0.1, -0.05) is 24.3 Å². The molecule has 3 nitrogen and oxygen atoms in total. The van der Waals surface area contributed by atoms with E-state index >= 15 is 0 Å². The fourth-order valence-electron chi connectivity index (χ4n) is 2.67. The predicted octanol–water partition coefficient (Wildman–Crippen LogP) is 2.45. The molecule has 1 aromatic rings. The predicted molar refractivity (Wildman–Crippen MR) is 74.5 cm³/mol. The number of β-amino-alcohol motifs (C(OH)–C–C–N with tert-alkyl or cyclic N) is 1. The Bertz CT molecular complexity index is 439. The smallest absolute Gasteiger partial charge is 0.387 e. The van der Waals surface area contributed by atoms with Gasteiger partial charge >= 0.3 is 6.18 Å². The number of hydrogen-bond donors (Lipinski definition) is 2. The molecule has 2 rings (SSSR count). The molecule has 1 aromatic carbocycles. The van der Waals surface area contributed by atoms with E-state index in [1.807, 2.05) is 29.2 Å². The lowest BCUT2D eigenvalue weighted by molar-refractivity contribution is -0.185. The van der Waals surface area contributed by atoms with Crippen LogP contribution in [0.15, 0.2) is 24.3 Å². The summed E-state index contributed by atoms with van der Waals surface area (Å²) in [5.41, 5.74) is 7.26. The Morgan fingerprint density at radius 1 is 1.19 bits per heavy atom. The standard InChI is InChI=1S/C15H21F3N2O/c16-15(17,18)13-5-7-20(8-6-13)10-14(21)12-3-1-11(9-19)2-4-12/h1-4,13-14,21H,5-10,19H2. The van der Waals surface area contributed by atoms with Crippen molar-refractivity contribution in [1.29, 1.82) is 0 Å². The van der Waals surface area contributed by atoms with E-state index in [0.717, 1.165) is 11.1 Å². The van der Waals surface area contributed by atoms with Gasteiger partial charge in [0, 0.05) is 13.1 Å². The monoisotopic (exact) mass is 302 g/mol. The van der Waals surface area contributed by atoms with Gasteiger partial charge in [0.2, 0.25) is 0 Å². The number of nitrogens with zero attached hydrogens (tertiary/aromatic N) is 1. The van der Waals surface area contributed by atoms with Gasteiger partial charge in [-0.05, 0) is 37.1 Å². The largest absolute Gasteiger partial charge is 0.391 e. The van der Waals surface area contributed by atoms with Crippen molar-refractivity contribution in [3.63, 3.8) is 0 Å². The van der Waals surface area contributed by atoms with E-state index in [4.69, 9.17) is 5.73 Å². The molecule has 3 N–H and O–H groups in total. The van der Waals surface area contributed by atoms with Crippen LogP contribution in [-0.4, -0.2) is 35.8 Å². The molecule has 118 valence electrons. The number of hydrogen-bond acceptors (Lipinski definition) is 3. The van der Waals surface area contributed by atoms with Crippen LogP contribution >= 0.6 is 0 Å². The molecule has 6 heteroatoms. The maximum atomic E-state index is 12.6. The number of aliphatic hydroxyl groups excluding tert-OH is 1. The molecule has 1 unspecified atom stereocenters. The van der Waals surface area contributed by atoms with Crippen molar-refractivity contribution < 1.29 is 18.3 Å². The van der Waals surface area contributed by atoms with Gasteiger partial charge in [0.1, 0.15) is 0 Å². The van der Waals surface area contributed by atoms with Crippen molar-refractivity contribution >= 4 is 0 Å². The van der Waals surface area contributed by atoms with Crippen LogP contribution in [0.5, 0.6) is 0 Å². The van der Waals surface area contributed by atoms with Crippen molar-refractivity contribution in [2.45, 2.75) is 31.7 Å². The first-order valence-electron chi connectivity index (χ1n) is 7.16. The van der Waals surface area contributed by atoms with E-state index in [2.05, 4.69) is 0 Å². The van der Waals surface area contributed by atoms with Crippen molar-refractivity contribution in [3.8, 4) is 0 Å². The lowest BCUT2D eigenvalue weighted by atomic mass is 9.95. The number of alkyl halides is 3. The van der Waals surface area contributed by atoms with Gasteiger partial charge in [-0.2, -0.15) is 13.2 Å². The Hall–Kier alpha value is -1.11. The molecule has 0 bridgehead atoms. The maximum absolute atomic E-state index is 12.6. The van der Waals surface area contributed by atoms with Gasteiger partial charge in [-0.15, -0.1) is 0 Å². The molecule has 0 amide bonds. The first-order valence-corrected chi connectivity index (χ1v) is 7.16. The lowest BCUT2D eigenvalue weighted by Crippen LogP contribution is -2.40. The average Bonchev–Trinajstić information content (AvgIpc) is 2.47. The third-order valence-corrected chi connectivity index (χ3v) is 4.08. The van der Waals surface area contributed by atoms with Gasteiger partial charge < -0.3 is 15.7 Å². The summed E-state index contributed by atoms with van der Waals surface area (Å²) in [5, 5.41) is 10.2. The summed E-state index contributed by atoms with van der Waals surface area (Å²) in [4.78, 5) is 1.89. The van der Waals surface area contributed by atoms with Crippen LogP contribution in [0.4, 0.5) is 13.2 Å². The Morgan fingerprint density at radius 2 is 1.76 bits per heavy atom. The zero-order valence-electron chi connectivity index (χ0n) is 11.8. The fraction of sp³-hybridized carbons (Fsp3) is 0.600. The minimum Gasteiger partial charge on any atom is -0.387 e. The molecule has 1 atom stereocenters. The highest BCUT2D eigenvalue weighted by Gasteiger charge is 2.41. The normalized spacial score (nSPS) is 19.7. The lowest BCUT2D eigenvalue weighted by Gasteiger charge is -2.34. The molecule has 1 aliphatic heterocycles. The fourth-order valence-corrected chi connectivity index (χ4v) is 2.67. The first-order chi connectivity index (χ1) is 9.90. The highest BCUT2D eigenvalue weighted by Crippen LogP contribution is 2.34. The molecule has 0 aliphatic carbocycles. The zero-order valence-corrected chi connectivity index (χ0v) is 11.8. The van der Waals surface area contributed by atoms with Gasteiger partial charge in [-0.3, -0.25) is 0 Å². The summed E-state index contributed by atoms with van der Waals surface area (Å²) in [6.45, 7) is 1.57. The Balaban J connectivity index is 1.85. The van der Waals surface area contributed by atoms with Crippen LogP contribution in [0.25, 0.3) is 0 Å². The third-order valence-electron chi connectivity index (χ3n) is 4.08. The molecular formula is C15H21F3N2O. The van der Waals surface area contributed by atoms with E-state index in [1.165, 1.54) is 0 Å². The number of benzene rings is 1. The SMILES string of the molecule is NCc1ccc(C(O)CN2CCC(C(F)(F)F)CC2)cc1. The second kappa shape index (κ2) is 6.77. The summed E-state index contributed by atoms with van der Waals surface area (Å²) in [6, 6.07) is 7.34. The number of piperidine rings is 1. The van der Waals surface area contributed by atoms with Crippen molar-refractivity contribution in [2.24, 2.45) is 11.7 Å². The minimum atomic E-state index is -4.09. The van der Waals surface area contributed by atoms with E-state index < -0.39 is 18.2 Å². The molecule has 1 saturated heterocycles. The number of halogens is 3. The number of nitrogens with two attached hydrogens (primary N) is 1. The highest BCUT2D eigenvalue weighted by molar-refractivity contribution is 5.24. The quantitative estimate of drug-likeness (QED) is 0.898.